The zero-order chi connectivity index (χ0) is 7.82. The summed E-state index contributed by atoms with van der Waals surface area (Å²) in [6.45, 7) is 8.61. The van der Waals surface area contributed by atoms with Crippen molar-refractivity contribution < 1.29 is 0 Å². The molecule has 0 aliphatic carbocycles. The third-order valence-corrected chi connectivity index (χ3v) is 1.54. The van der Waals surface area contributed by atoms with Gasteiger partial charge < -0.3 is 4.90 Å². The first-order valence-corrected chi connectivity index (χ1v) is 4.34. The van der Waals surface area contributed by atoms with E-state index in [-0.39, 0.29) is 0 Å². The maximum Gasteiger partial charge on any atom is 0.0175 e. The monoisotopic (exact) mass is 141 g/mol. The van der Waals surface area contributed by atoms with E-state index in [1.807, 2.05) is 13.8 Å². The highest BCUT2D eigenvalue weighted by atomic mass is 15.1. The van der Waals surface area contributed by atoms with Crippen LogP contribution in [0.15, 0.2) is 12.3 Å². The third kappa shape index (κ3) is 3.54. The maximum absolute atomic E-state index is 2.34. The highest BCUT2D eigenvalue weighted by Gasteiger charge is 1.97. The van der Waals surface area contributed by atoms with Crippen molar-refractivity contribution >= 4 is 0 Å². The van der Waals surface area contributed by atoms with Crippen molar-refractivity contribution in [3.05, 3.63) is 12.3 Å². The first kappa shape index (κ1) is 9.54. The summed E-state index contributed by atoms with van der Waals surface area (Å²) < 4.78 is 0. The van der Waals surface area contributed by atoms with E-state index in [4.69, 9.17) is 0 Å². The van der Waals surface area contributed by atoms with Crippen LogP contribution in [0.4, 0.5) is 0 Å². The van der Waals surface area contributed by atoms with Crippen LogP contribution >= 0.6 is 0 Å². The highest BCUT2D eigenvalue weighted by molar-refractivity contribution is 4.86. The summed E-state index contributed by atoms with van der Waals surface area (Å²) in [5.41, 5.74) is 0. The van der Waals surface area contributed by atoms with Crippen LogP contribution in [0.25, 0.3) is 0 Å². The van der Waals surface area contributed by atoms with Crippen LogP contribution < -0.4 is 0 Å². The van der Waals surface area contributed by atoms with E-state index in [0.29, 0.717) is 0 Å². The second-order valence-electron chi connectivity index (χ2n) is 2.16. The lowest BCUT2D eigenvalue weighted by atomic mass is 10.2. The fraction of sp³-hybridized carbons (Fsp3) is 0.778. The molecule has 0 aromatic heterocycles. The van der Waals surface area contributed by atoms with Crippen LogP contribution in [0.3, 0.4) is 0 Å². The summed E-state index contributed by atoms with van der Waals surface area (Å²) in [4.78, 5) is 2.34. The quantitative estimate of drug-likeness (QED) is 0.542. The first-order chi connectivity index (χ1) is 4.93. The Morgan fingerprint density at radius 3 is 2.40 bits per heavy atom. The molecular formula is C9H19N. The van der Waals surface area contributed by atoms with Gasteiger partial charge in [-0.2, -0.15) is 0 Å². The summed E-state index contributed by atoms with van der Waals surface area (Å²) in [6, 6.07) is 0. The SMILES string of the molecule is CC.CCN1C=CCCC1. The summed E-state index contributed by atoms with van der Waals surface area (Å²) in [5.74, 6) is 0. The molecule has 0 aromatic rings. The molecule has 0 N–H and O–H groups in total. The average molecular weight is 141 g/mol. The summed E-state index contributed by atoms with van der Waals surface area (Å²) >= 11 is 0. The van der Waals surface area contributed by atoms with Gasteiger partial charge in [0.05, 0.1) is 0 Å². The van der Waals surface area contributed by atoms with Gasteiger partial charge >= 0.3 is 0 Å². The fourth-order valence-corrected chi connectivity index (χ4v) is 0.974. The Balaban J connectivity index is 0.000000371. The third-order valence-electron chi connectivity index (χ3n) is 1.54. The zero-order valence-corrected chi connectivity index (χ0v) is 7.43. The topological polar surface area (TPSA) is 3.24 Å². The van der Waals surface area contributed by atoms with Crippen LogP contribution in [0.1, 0.15) is 33.6 Å². The lowest BCUT2D eigenvalue weighted by Crippen LogP contribution is -2.19. The van der Waals surface area contributed by atoms with E-state index in [9.17, 15) is 0 Å². The van der Waals surface area contributed by atoms with Crippen molar-refractivity contribution in [2.24, 2.45) is 0 Å². The molecule has 0 unspecified atom stereocenters. The Morgan fingerprint density at radius 2 is 2.10 bits per heavy atom. The second kappa shape index (κ2) is 6.66. The normalized spacial score (nSPS) is 16.1. The molecule has 0 radical (unpaired) electrons. The van der Waals surface area contributed by atoms with Crippen molar-refractivity contribution in [1.82, 2.24) is 4.90 Å². The minimum atomic E-state index is 1.16. The number of allylic oxidation sites excluding steroid dienone is 1. The minimum Gasteiger partial charge on any atom is -0.378 e. The Hall–Kier alpha value is -0.460. The zero-order valence-electron chi connectivity index (χ0n) is 7.43. The van der Waals surface area contributed by atoms with Crippen molar-refractivity contribution in [2.45, 2.75) is 33.6 Å². The van der Waals surface area contributed by atoms with E-state index >= 15 is 0 Å². The molecule has 0 amide bonds. The predicted octanol–water partition coefficient (Wildman–Crippen LogP) is 2.64. The second-order valence-corrected chi connectivity index (χ2v) is 2.16. The highest BCUT2D eigenvalue weighted by Crippen LogP contribution is 2.03. The predicted molar refractivity (Wildman–Crippen MR) is 47.0 cm³/mol. The molecule has 0 aromatic carbocycles. The number of hydrogen-bond donors (Lipinski definition) is 0. The largest absolute Gasteiger partial charge is 0.378 e. The Labute approximate surface area is 64.7 Å². The van der Waals surface area contributed by atoms with Gasteiger partial charge in [-0.25, -0.2) is 0 Å². The van der Waals surface area contributed by atoms with Crippen LogP contribution in [-0.4, -0.2) is 18.0 Å². The molecule has 0 saturated carbocycles. The Kier molecular flexibility index (Phi) is 6.35. The first-order valence-electron chi connectivity index (χ1n) is 4.34. The molecule has 0 saturated heterocycles. The molecule has 0 atom stereocenters. The van der Waals surface area contributed by atoms with Crippen molar-refractivity contribution in [3.63, 3.8) is 0 Å². The van der Waals surface area contributed by atoms with Crippen LogP contribution in [-0.2, 0) is 0 Å². The molecule has 1 rings (SSSR count). The van der Waals surface area contributed by atoms with E-state index in [0.717, 1.165) is 6.54 Å². The molecule has 60 valence electrons. The fourth-order valence-electron chi connectivity index (χ4n) is 0.974. The van der Waals surface area contributed by atoms with Gasteiger partial charge in [-0.1, -0.05) is 19.9 Å². The van der Waals surface area contributed by atoms with Gasteiger partial charge in [0.15, 0.2) is 0 Å². The van der Waals surface area contributed by atoms with Gasteiger partial charge in [0.1, 0.15) is 0 Å². The molecule has 0 spiro atoms. The smallest absolute Gasteiger partial charge is 0.0175 e. The van der Waals surface area contributed by atoms with E-state index in [1.165, 1.54) is 19.4 Å². The molecule has 1 nitrogen and oxygen atoms in total. The lowest BCUT2D eigenvalue weighted by molar-refractivity contribution is 0.373. The number of hydrogen-bond acceptors (Lipinski definition) is 1. The van der Waals surface area contributed by atoms with Crippen LogP contribution in [0.2, 0.25) is 0 Å². The van der Waals surface area contributed by atoms with Gasteiger partial charge in [-0.3, -0.25) is 0 Å². The maximum atomic E-state index is 2.34. The molecule has 0 bridgehead atoms. The van der Waals surface area contributed by atoms with Crippen LogP contribution in [0.5, 0.6) is 0 Å². The molecule has 0 fully saturated rings. The molecule has 1 heterocycles. The Bertz CT molecular complexity index is 86.7. The van der Waals surface area contributed by atoms with E-state index < -0.39 is 0 Å². The number of rotatable bonds is 1. The summed E-state index contributed by atoms with van der Waals surface area (Å²) in [5, 5.41) is 0. The summed E-state index contributed by atoms with van der Waals surface area (Å²) in [7, 11) is 0. The van der Waals surface area contributed by atoms with Gasteiger partial charge in [-0.05, 0) is 26.0 Å². The van der Waals surface area contributed by atoms with Gasteiger partial charge in [0.25, 0.3) is 0 Å². The average Bonchev–Trinajstić information content (AvgIpc) is 2.10. The standard InChI is InChI=1S/C7H13N.C2H6/c1-2-8-6-4-3-5-7-8;1-2/h4,6H,2-3,5,7H2,1H3;1-2H3. The van der Waals surface area contributed by atoms with Gasteiger partial charge in [0, 0.05) is 13.1 Å². The minimum absolute atomic E-state index is 1.16. The molecular weight excluding hydrogens is 122 g/mol. The molecule has 1 aliphatic heterocycles. The van der Waals surface area contributed by atoms with E-state index in [1.54, 1.807) is 0 Å². The summed E-state index contributed by atoms with van der Waals surface area (Å²) in [6.07, 6.45) is 7.05. The van der Waals surface area contributed by atoms with Gasteiger partial charge in [0.2, 0.25) is 0 Å². The van der Waals surface area contributed by atoms with Crippen molar-refractivity contribution in [3.8, 4) is 0 Å². The Morgan fingerprint density at radius 1 is 1.40 bits per heavy atom. The molecule has 1 heteroatoms. The van der Waals surface area contributed by atoms with Crippen molar-refractivity contribution in [2.75, 3.05) is 13.1 Å². The van der Waals surface area contributed by atoms with E-state index in [2.05, 4.69) is 24.1 Å². The lowest BCUT2D eigenvalue weighted by Gasteiger charge is -2.20. The van der Waals surface area contributed by atoms with Crippen molar-refractivity contribution in [1.29, 1.82) is 0 Å². The van der Waals surface area contributed by atoms with Gasteiger partial charge in [-0.15, -0.1) is 0 Å². The number of nitrogens with zero attached hydrogens (tertiary/aromatic N) is 1. The van der Waals surface area contributed by atoms with Crippen LogP contribution in [0, 0.1) is 0 Å². The molecule has 1 aliphatic rings. The molecule has 10 heavy (non-hydrogen) atoms.